The lowest BCUT2D eigenvalue weighted by molar-refractivity contribution is 0.0596. The van der Waals surface area contributed by atoms with Crippen LogP contribution in [-0.4, -0.2) is 18.1 Å². The number of hydrogen-bond acceptors (Lipinski definition) is 4. The number of methoxy groups -OCH3 is 1. The highest BCUT2D eigenvalue weighted by molar-refractivity contribution is 7.25. The second-order valence-electron chi connectivity index (χ2n) is 5.81. The maximum absolute atomic E-state index is 12.4. The predicted molar refractivity (Wildman–Crippen MR) is 106 cm³/mol. The number of esters is 1. The molecule has 0 bridgehead atoms. The lowest BCUT2D eigenvalue weighted by Gasteiger charge is -2.03. The van der Waals surface area contributed by atoms with Gasteiger partial charge in [-0.25, -0.2) is 4.79 Å². The molecule has 0 spiro atoms. The van der Waals surface area contributed by atoms with Crippen molar-refractivity contribution in [3.63, 3.8) is 0 Å². The Bertz CT molecular complexity index is 1260. The third-order valence-electron chi connectivity index (χ3n) is 4.47. The zero-order valence-corrected chi connectivity index (χ0v) is 15.0. The Morgan fingerprint density at radius 2 is 1.72 bits per heavy atom. The SMILES string of the molecule is COC(=O)c1[nH]c2sc3ccccc3c2c1-c1csc2ccccc12. The molecule has 0 fully saturated rings. The van der Waals surface area contributed by atoms with Crippen LogP contribution in [0.4, 0.5) is 0 Å². The van der Waals surface area contributed by atoms with Crippen LogP contribution in [0.1, 0.15) is 10.5 Å². The van der Waals surface area contributed by atoms with Gasteiger partial charge in [-0.3, -0.25) is 0 Å². The minimum absolute atomic E-state index is 0.335. The van der Waals surface area contributed by atoms with Gasteiger partial charge in [-0.05, 0) is 17.5 Å². The molecule has 5 rings (SSSR count). The molecule has 0 aliphatic carbocycles. The summed E-state index contributed by atoms with van der Waals surface area (Å²) in [6.45, 7) is 0. The van der Waals surface area contributed by atoms with Gasteiger partial charge in [0.15, 0.2) is 0 Å². The Morgan fingerprint density at radius 3 is 2.52 bits per heavy atom. The summed E-state index contributed by atoms with van der Waals surface area (Å²) in [5.41, 5.74) is 2.55. The van der Waals surface area contributed by atoms with Gasteiger partial charge in [-0.1, -0.05) is 36.4 Å². The molecular weight excluding hydrogens is 350 g/mol. The van der Waals surface area contributed by atoms with Crippen molar-refractivity contribution in [2.24, 2.45) is 0 Å². The van der Waals surface area contributed by atoms with Crippen molar-refractivity contribution in [1.82, 2.24) is 4.98 Å². The van der Waals surface area contributed by atoms with Crippen molar-refractivity contribution < 1.29 is 9.53 Å². The smallest absolute Gasteiger partial charge is 0.355 e. The van der Waals surface area contributed by atoms with Crippen molar-refractivity contribution in [1.29, 1.82) is 0 Å². The third kappa shape index (κ3) is 2.06. The van der Waals surface area contributed by atoms with Gasteiger partial charge in [-0.15, -0.1) is 22.7 Å². The van der Waals surface area contributed by atoms with Crippen LogP contribution in [-0.2, 0) is 4.74 Å². The number of aromatic nitrogens is 1. The fourth-order valence-electron chi connectivity index (χ4n) is 3.38. The van der Waals surface area contributed by atoms with Gasteiger partial charge < -0.3 is 9.72 Å². The molecule has 0 aliphatic rings. The highest BCUT2D eigenvalue weighted by Crippen LogP contribution is 2.45. The number of thiophene rings is 2. The number of carbonyl (C=O) groups excluding carboxylic acids is 1. The van der Waals surface area contributed by atoms with Gasteiger partial charge in [0.1, 0.15) is 10.5 Å². The van der Waals surface area contributed by atoms with Crippen molar-refractivity contribution >= 4 is 59.0 Å². The van der Waals surface area contributed by atoms with E-state index in [1.54, 1.807) is 22.7 Å². The molecule has 3 heterocycles. The molecule has 0 aliphatic heterocycles. The zero-order valence-electron chi connectivity index (χ0n) is 13.3. The summed E-state index contributed by atoms with van der Waals surface area (Å²) in [7, 11) is 1.42. The highest BCUT2D eigenvalue weighted by atomic mass is 32.1. The summed E-state index contributed by atoms with van der Waals surface area (Å²) in [6, 6.07) is 16.6. The quantitative estimate of drug-likeness (QED) is 0.388. The normalized spacial score (nSPS) is 11.6. The van der Waals surface area contributed by atoms with E-state index in [0.717, 1.165) is 26.7 Å². The summed E-state index contributed by atoms with van der Waals surface area (Å²) >= 11 is 3.36. The van der Waals surface area contributed by atoms with E-state index in [0.29, 0.717) is 5.69 Å². The van der Waals surface area contributed by atoms with E-state index in [2.05, 4.69) is 34.6 Å². The summed E-state index contributed by atoms with van der Waals surface area (Å²) in [4.78, 5) is 16.7. The molecule has 5 heteroatoms. The van der Waals surface area contributed by atoms with Crippen LogP contribution >= 0.6 is 22.7 Å². The third-order valence-corrected chi connectivity index (χ3v) is 6.52. The number of aromatic amines is 1. The maximum Gasteiger partial charge on any atom is 0.355 e. The summed E-state index contributed by atoms with van der Waals surface area (Å²) in [5, 5.41) is 5.56. The van der Waals surface area contributed by atoms with Crippen LogP contribution in [0.25, 0.3) is 41.5 Å². The first-order valence-electron chi connectivity index (χ1n) is 7.86. The van der Waals surface area contributed by atoms with Crippen LogP contribution < -0.4 is 0 Å². The molecule has 122 valence electrons. The van der Waals surface area contributed by atoms with E-state index >= 15 is 0 Å². The van der Waals surface area contributed by atoms with Crippen molar-refractivity contribution in [2.75, 3.05) is 7.11 Å². The Morgan fingerprint density at radius 1 is 1.00 bits per heavy atom. The molecule has 0 amide bonds. The van der Waals surface area contributed by atoms with Gasteiger partial charge >= 0.3 is 5.97 Å². The molecule has 3 nitrogen and oxygen atoms in total. The van der Waals surface area contributed by atoms with Gasteiger partial charge in [0.2, 0.25) is 0 Å². The number of rotatable bonds is 2. The lowest BCUT2D eigenvalue weighted by atomic mass is 10.0. The van der Waals surface area contributed by atoms with Crippen molar-refractivity contribution in [3.8, 4) is 11.1 Å². The van der Waals surface area contributed by atoms with Crippen molar-refractivity contribution in [2.45, 2.75) is 0 Å². The molecule has 1 N–H and O–H groups in total. The Balaban J connectivity index is 1.96. The van der Waals surface area contributed by atoms with Crippen LogP contribution in [0.3, 0.4) is 0 Å². The zero-order chi connectivity index (χ0) is 17.0. The second-order valence-corrected chi connectivity index (χ2v) is 7.78. The van der Waals surface area contributed by atoms with Crippen LogP contribution in [0.15, 0.2) is 53.9 Å². The van der Waals surface area contributed by atoms with Crippen molar-refractivity contribution in [3.05, 3.63) is 59.6 Å². The maximum atomic E-state index is 12.4. The van der Waals surface area contributed by atoms with E-state index in [1.807, 2.05) is 24.3 Å². The molecule has 2 aromatic carbocycles. The first kappa shape index (κ1) is 14.7. The molecule has 3 aromatic heterocycles. The molecule has 25 heavy (non-hydrogen) atoms. The number of ether oxygens (including phenoxy) is 1. The Labute approximate surface area is 151 Å². The molecule has 5 aromatic rings. The molecule has 0 radical (unpaired) electrons. The number of benzene rings is 2. The van der Waals surface area contributed by atoms with Crippen LogP contribution in [0.5, 0.6) is 0 Å². The van der Waals surface area contributed by atoms with E-state index in [9.17, 15) is 4.79 Å². The number of nitrogens with one attached hydrogen (secondary N) is 1. The van der Waals surface area contributed by atoms with E-state index < -0.39 is 0 Å². The first-order chi connectivity index (χ1) is 12.3. The Kier molecular flexibility index (Phi) is 3.20. The van der Waals surface area contributed by atoms with E-state index in [1.165, 1.54) is 21.9 Å². The number of H-pyrrole nitrogens is 1. The molecule has 0 saturated carbocycles. The van der Waals surface area contributed by atoms with Gasteiger partial charge in [0, 0.05) is 36.7 Å². The largest absolute Gasteiger partial charge is 0.464 e. The molecule has 0 atom stereocenters. The molecular formula is C20H13NO2S2. The summed E-state index contributed by atoms with van der Waals surface area (Å²) in [5.74, 6) is -0.335. The number of fused-ring (bicyclic) bond motifs is 4. The predicted octanol–water partition coefficient (Wildman–Crippen LogP) is 6.05. The monoisotopic (exact) mass is 363 g/mol. The average Bonchev–Trinajstić information content (AvgIpc) is 3.31. The molecule has 0 saturated heterocycles. The fraction of sp³-hybridized carbons (Fsp3) is 0.0500. The van der Waals surface area contributed by atoms with Crippen LogP contribution in [0.2, 0.25) is 0 Å². The first-order valence-corrected chi connectivity index (χ1v) is 9.55. The highest BCUT2D eigenvalue weighted by Gasteiger charge is 2.24. The topological polar surface area (TPSA) is 42.1 Å². The van der Waals surface area contributed by atoms with Gasteiger partial charge in [0.05, 0.1) is 7.11 Å². The fourth-order valence-corrected chi connectivity index (χ4v) is 5.44. The summed E-state index contributed by atoms with van der Waals surface area (Å²) < 4.78 is 7.46. The minimum atomic E-state index is -0.335. The number of carbonyl (C=O) groups is 1. The van der Waals surface area contributed by atoms with Crippen LogP contribution in [0, 0.1) is 0 Å². The average molecular weight is 363 g/mol. The lowest BCUT2D eigenvalue weighted by Crippen LogP contribution is -2.03. The van der Waals surface area contributed by atoms with E-state index in [4.69, 9.17) is 4.74 Å². The molecule has 0 unspecified atom stereocenters. The van der Waals surface area contributed by atoms with E-state index in [-0.39, 0.29) is 5.97 Å². The Hall–Kier alpha value is -2.63. The standard InChI is InChI=1S/C20H13NO2S2/c1-23-20(22)18-16(13-10-24-14-8-4-2-6-11(13)14)17-12-7-3-5-9-15(12)25-19(17)21-18/h2-10,21H,1H3. The minimum Gasteiger partial charge on any atom is -0.464 e. The number of hydrogen-bond donors (Lipinski definition) is 1. The van der Waals surface area contributed by atoms with Gasteiger partial charge in [-0.2, -0.15) is 0 Å². The second kappa shape index (κ2) is 5.44. The van der Waals surface area contributed by atoms with Gasteiger partial charge in [0.25, 0.3) is 0 Å². The summed E-state index contributed by atoms with van der Waals surface area (Å²) in [6.07, 6.45) is 0.